The summed E-state index contributed by atoms with van der Waals surface area (Å²) in [7, 11) is 3.90. The first-order valence-corrected chi connectivity index (χ1v) is 23.4. The number of nitrogens with zero attached hydrogens (tertiary/aromatic N) is 6. The van der Waals surface area contributed by atoms with E-state index in [1.807, 2.05) is 6.20 Å². The summed E-state index contributed by atoms with van der Waals surface area (Å²) in [6.45, 7) is 15.0. The van der Waals surface area contributed by atoms with E-state index < -0.39 is 17.5 Å². The van der Waals surface area contributed by atoms with Gasteiger partial charge in [0, 0.05) is 105 Å². The highest BCUT2D eigenvalue weighted by molar-refractivity contribution is 7.10. The van der Waals surface area contributed by atoms with E-state index in [9.17, 15) is 14.4 Å². The van der Waals surface area contributed by atoms with Crippen LogP contribution < -0.4 is 15.6 Å². The van der Waals surface area contributed by atoms with Crippen molar-refractivity contribution >= 4 is 45.7 Å². The van der Waals surface area contributed by atoms with Gasteiger partial charge in [0.15, 0.2) is 0 Å². The fourth-order valence-electron chi connectivity index (χ4n) is 10.2. The highest BCUT2D eigenvalue weighted by Crippen LogP contribution is 2.59. The van der Waals surface area contributed by atoms with Crippen molar-refractivity contribution < 1.29 is 28.6 Å². The lowest BCUT2D eigenvalue weighted by Crippen LogP contribution is -2.60. The Labute approximate surface area is 368 Å². The van der Waals surface area contributed by atoms with Crippen LogP contribution in [-0.2, 0) is 48.0 Å². The molecule has 62 heavy (non-hydrogen) atoms. The largest absolute Gasteiger partial charge is 0.464 e. The number of anilines is 1. The molecule has 3 saturated heterocycles. The third-order valence-electron chi connectivity index (χ3n) is 14.1. The van der Waals surface area contributed by atoms with Crippen LogP contribution in [0.5, 0.6) is 0 Å². The number of thiazole rings is 1. The number of aryl methyl sites for hydroxylation is 1. The van der Waals surface area contributed by atoms with Crippen LogP contribution in [-0.4, -0.2) is 121 Å². The van der Waals surface area contributed by atoms with Gasteiger partial charge in [0.1, 0.15) is 12.1 Å². The molecule has 1 aliphatic carbocycles. The van der Waals surface area contributed by atoms with Gasteiger partial charge >= 0.3 is 5.97 Å². The number of esters is 1. The molecule has 1 saturated carbocycles. The molecule has 1 aromatic carbocycles. The predicted octanol–water partition coefficient (Wildman–Crippen LogP) is 5.77. The van der Waals surface area contributed by atoms with Crippen molar-refractivity contribution in [1.82, 2.24) is 35.2 Å². The number of hydrazine groups is 1. The molecule has 1 spiro atoms. The Hall–Kier alpha value is -4.41. The van der Waals surface area contributed by atoms with Crippen LogP contribution in [0.2, 0.25) is 0 Å². The third-order valence-corrected chi connectivity index (χ3v) is 15.0. The summed E-state index contributed by atoms with van der Waals surface area (Å²) < 4.78 is 20.1. The Bertz CT molecular complexity index is 2330. The zero-order valence-corrected chi connectivity index (χ0v) is 37.9. The van der Waals surface area contributed by atoms with Crippen LogP contribution in [0.25, 0.3) is 33.4 Å². The molecule has 5 aliphatic rings. The molecule has 14 nitrogen and oxygen atoms in total. The number of likely N-dealkylation sites (N-methyl/N-ethyl adjacent to an activating group) is 1. The minimum Gasteiger partial charge on any atom is -0.464 e. The number of pyridine rings is 1. The lowest BCUT2D eigenvalue weighted by molar-refractivity contribution is -0.155. The van der Waals surface area contributed by atoms with E-state index in [-0.39, 0.29) is 48.2 Å². The first-order chi connectivity index (χ1) is 29.9. The molecule has 0 radical (unpaired) electrons. The molecular weight excluding hydrogens is 805 g/mol. The maximum absolute atomic E-state index is 14.4. The zero-order chi connectivity index (χ0) is 43.3. The monoisotopic (exact) mass is 866 g/mol. The van der Waals surface area contributed by atoms with Gasteiger partial charge in [-0.25, -0.2) is 10.4 Å². The number of rotatable bonds is 7. The van der Waals surface area contributed by atoms with E-state index in [0.29, 0.717) is 39.0 Å². The molecular formula is C47H62N8O6S. The number of cyclic esters (lactones) is 1. The lowest BCUT2D eigenvalue weighted by Gasteiger charge is -2.35. The minimum atomic E-state index is -0.854. The van der Waals surface area contributed by atoms with Crippen molar-refractivity contribution in [2.75, 3.05) is 71.6 Å². The first kappa shape index (κ1) is 42.9. The van der Waals surface area contributed by atoms with E-state index in [1.54, 1.807) is 7.11 Å². The van der Waals surface area contributed by atoms with E-state index in [4.69, 9.17) is 24.2 Å². The van der Waals surface area contributed by atoms with Crippen LogP contribution in [0.3, 0.4) is 0 Å². The lowest BCUT2D eigenvalue weighted by atomic mass is 9.84. The van der Waals surface area contributed by atoms with Crippen molar-refractivity contribution in [3.63, 3.8) is 0 Å². The van der Waals surface area contributed by atoms with Gasteiger partial charge in [-0.3, -0.25) is 24.4 Å². The molecule has 3 aromatic heterocycles. The quantitative estimate of drug-likeness (QED) is 0.219. The Kier molecular flexibility index (Phi) is 12.0. The molecule has 2 amide bonds. The van der Waals surface area contributed by atoms with Crippen LogP contribution in [0.15, 0.2) is 35.8 Å². The fraction of sp³-hybridized carbons (Fsp3) is 0.596. The summed E-state index contributed by atoms with van der Waals surface area (Å²) in [6.07, 6.45) is 6.28. The molecule has 15 heteroatoms. The summed E-state index contributed by atoms with van der Waals surface area (Å²) in [5.74, 6) is -0.899. The van der Waals surface area contributed by atoms with Gasteiger partial charge in [-0.1, -0.05) is 19.9 Å². The Balaban J connectivity index is 1.14. The maximum Gasteiger partial charge on any atom is 0.324 e. The number of fused-ring (bicyclic) bond motifs is 6. The number of ether oxygens (including phenoxy) is 3. The number of hydrogen-bond donors (Lipinski definition) is 2. The number of aromatic nitrogens is 3. The Morgan fingerprint density at radius 1 is 1.11 bits per heavy atom. The van der Waals surface area contributed by atoms with Gasteiger partial charge in [0.2, 0.25) is 5.91 Å². The van der Waals surface area contributed by atoms with Crippen molar-refractivity contribution in [2.24, 2.45) is 16.7 Å². The van der Waals surface area contributed by atoms with Crippen molar-refractivity contribution in [2.45, 2.75) is 97.4 Å². The Morgan fingerprint density at radius 2 is 1.90 bits per heavy atom. The predicted molar refractivity (Wildman–Crippen MR) is 240 cm³/mol. The molecule has 4 atom stereocenters. The number of nitrogens with one attached hydrogen (secondary N) is 2. The molecule has 7 heterocycles. The number of piperazine rings is 1. The van der Waals surface area contributed by atoms with E-state index in [1.165, 1.54) is 16.3 Å². The van der Waals surface area contributed by atoms with Crippen LogP contribution in [0.4, 0.5) is 5.69 Å². The van der Waals surface area contributed by atoms with Gasteiger partial charge in [0.05, 0.1) is 46.7 Å². The minimum absolute atomic E-state index is 0.0388. The highest BCUT2D eigenvalue weighted by atomic mass is 32.1. The second-order valence-corrected chi connectivity index (χ2v) is 19.9. The SMILES string of the molecule is CCn1c(-c2cc(N3CCN(C)CC3)cnc2[C@H](C)OC)c2c3cc(ccc31)-c1csc(n1)C[C@H](NC(=O)[C@H]1CC13CCOCC3)C(=O)N1CCC[C@H](N1)C(=O)OCC(C)(C)C2. The van der Waals surface area contributed by atoms with Crippen molar-refractivity contribution in [1.29, 1.82) is 0 Å². The average molecular weight is 867 g/mol. The topological polar surface area (TPSA) is 143 Å². The number of hydrogen-bond acceptors (Lipinski definition) is 12. The van der Waals surface area contributed by atoms with E-state index in [0.717, 1.165) is 107 Å². The smallest absolute Gasteiger partial charge is 0.324 e. The molecule has 9 rings (SSSR count). The van der Waals surface area contributed by atoms with Crippen LogP contribution in [0, 0.1) is 16.7 Å². The van der Waals surface area contributed by atoms with Gasteiger partial charge in [-0.05, 0) is 88.6 Å². The van der Waals surface area contributed by atoms with Crippen molar-refractivity contribution in [3.05, 3.63) is 52.1 Å². The molecule has 4 aliphatic heterocycles. The normalized spacial score (nSPS) is 24.8. The summed E-state index contributed by atoms with van der Waals surface area (Å²) in [5, 5.41) is 8.58. The number of carbonyl (C=O) groups excluding carboxylic acids is 3. The third kappa shape index (κ3) is 8.38. The highest BCUT2D eigenvalue weighted by Gasteiger charge is 2.58. The maximum atomic E-state index is 14.4. The molecule has 2 N–H and O–H groups in total. The molecule has 4 fully saturated rings. The summed E-state index contributed by atoms with van der Waals surface area (Å²) >= 11 is 1.50. The fourth-order valence-corrected chi connectivity index (χ4v) is 11.0. The van der Waals surface area contributed by atoms with Crippen molar-refractivity contribution in [3.8, 4) is 22.5 Å². The van der Waals surface area contributed by atoms with E-state index in [2.05, 4.69) is 89.5 Å². The first-order valence-electron chi connectivity index (χ1n) is 22.6. The summed E-state index contributed by atoms with van der Waals surface area (Å²) in [6, 6.07) is 7.32. The summed E-state index contributed by atoms with van der Waals surface area (Å²) in [4.78, 5) is 57.2. The number of carbonyl (C=O) groups is 3. The zero-order valence-electron chi connectivity index (χ0n) is 37.1. The van der Waals surface area contributed by atoms with Gasteiger partial charge in [0.25, 0.3) is 5.91 Å². The number of amides is 2. The summed E-state index contributed by atoms with van der Waals surface area (Å²) in [5.41, 5.74) is 10.8. The molecule has 0 unspecified atom stereocenters. The molecule has 332 valence electrons. The van der Waals surface area contributed by atoms with Gasteiger partial charge in [-0.15, -0.1) is 11.3 Å². The van der Waals surface area contributed by atoms with Crippen LogP contribution >= 0.6 is 11.3 Å². The molecule has 6 bridgehead atoms. The Morgan fingerprint density at radius 3 is 2.66 bits per heavy atom. The van der Waals surface area contributed by atoms with Gasteiger partial charge in [-0.2, -0.15) is 0 Å². The second kappa shape index (κ2) is 17.3. The number of methoxy groups -OCH3 is 1. The number of benzene rings is 1. The van der Waals surface area contributed by atoms with Crippen LogP contribution in [0.1, 0.15) is 82.2 Å². The second-order valence-electron chi connectivity index (χ2n) is 19.0. The average Bonchev–Trinajstić information content (AvgIpc) is 3.60. The van der Waals surface area contributed by atoms with Gasteiger partial charge < -0.3 is 33.9 Å². The molecule has 4 aromatic rings. The van der Waals surface area contributed by atoms with E-state index >= 15 is 0 Å². The standard InChI is InChI=1S/C47H62N8O6S/c1-7-54-39-11-10-30-21-32(39)34(42(54)33-22-31(26-48-41(33)29(2)59-6)53-17-15-52(5)16-18-53)24-46(3,4)28-61-45(58)36-9-8-14-55(51-36)44(57)37(23-40-49-38(30)27-62-40)50-43(56)35-25-47(35)12-19-60-20-13-47/h10-11,21-22,26-27,29,35-37,51H,7-9,12-20,23-25,28H2,1-6H3,(H,50,56)/t29-,35+,36-,37-/m0/s1.